The number of hydrazine groups is 1. The number of halogens is 1. The molecule has 0 saturated carbocycles. The lowest BCUT2D eigenvalue weighted by Crippen LogP contribution is -2.50. The first-order valence-electron chi connectivity index (χ1n) is 9.30. The topological polar surface area (TPSA) is 88.7 Å². The summed E-state index contributed by atoms with van der Waals surface area (Å²) in [5.74, 6) is 0.170. The van der Waals surface area contributed by atoms with Crippen LogP contribution >= 0.6 is 23.8 Å². The van der Waals surface area contributed by atoms with Crippen LogP contribution in [0.25, 0.3) is 10.8 Å². The number of benzene rings is 3. The fraction of sp³-hybridized carbons (Fsp3) is 0.136. The average molecular weight is 458 g/mol. The summed E-state index contributed by atoms with van der Waals surface area (Å²) in [5.41, 5.74) is 5.59. The van der Waals surface area contributed by atoms with Crippen LogP contribution in [0, 0.1) is 6.92 Å². The summed E-state index contributed by atoms with van der Waals surface area (Å²) in [5, 5.41) is 5.03. The van der Waals surface area contributed by atoms with Crippen molar-refractivity contribution in [1.29, 1.82) is 0 Å². The van der Waals surface area contributed by atoms with E-state index in [9.17, 15) is 9.59 Å². The molecule has 0 spiro atoms. The van der Waals surface area contributed by atoms with E-state index in [1.807, 2.05) is 43.3 Å². The number of hydrogen-bond donors (Lipinski definition) is 3. The first-order chi connectivity index (χ1) is 14.9. The molecule has 0 bridgehead atoms. The highest BCUT2D eigenvalue weighted by Gasteiger charge is 2.09. The van der Waals surface area contributed by atoms with Gasteiger partial charge in [-0.1, -0.05) is 41.9 Å². The van der Waals surface area contributed by atoms with E-state index in [2.05, 4.69) is 16.2 Å². The molecule has 3 N–H and O–H groups in total. The minimum absolute atomic E-state index is 0.0665. The third-order valence-electron chi connectivity index (χ3n) is 4.16. The molecule has 0 aliphatic rings. The van der Waals surface area contributed by atoms with Crippen molar-refractivity contribution < 1.29 is 19.1 Å². The minimum Gasteiger partial charge on any atom is -0.484 e. The maximum atomic E-state index is 12.0. The van der Waals surface area contributed by atoms with Crippen molar-refractivity contribution in [2.24, 2.45) is 0 Å². The number of fused-ring (bicyclic) bond motifs is 1. The number of hydrogen-bond acceptors (Lipinski definition) is 5. The molecule has 3 aromatic carbocycles. The van der Waals surface area contributed by atoms with Gasteiger partial charge in [-0.2, -0.15) is 0 Å². The fourth-order valence-corrected chi connectivity index (χ4v) is 3.07. The molecule has 0 aromatic heterocycles. The molecule has 0 fully saturated rings. The second-order valence-corrected chi connectivity index (χ2v) is 7.39. The van der Waals surface area contributed by atoms with Gasteiger partial charge in [-0.3, -0.25) is 25.8 Å². The van der Waals surface area contributed by atoms with Crippen molar-refractivity contribution in [2.75, 3.05) is 13.2 Å². The highest BCUT2D eigenvalue weighted by Crippen LogP contribution is 2.22. The second-order valence-electron chi connectivity index (χ2n) is 6.55. The van der Waals surface area contributed by atoms with E-state index < -0.39 is 11.8 Å². The smallest absolute Gasteiger partial charge is 0.276 e. The normalized spacial score (nSPS) is 10.3. The monoisotopic (exact) mass is 457 g/mol. The van der Waals surface area contributed by atoms with Crippen molar-refractivity contribution in [3.8, 4) is 11.5 Å². The van der Waals surface area contributed by atoms with Crippen molar-refractivity contribution in [3.05, 3.63) is 71.2 Å². The van der Waals surface area contributed by atoms with Crippen molar-refractivity contribution in [3.63, 3.8) is 0 Å². The van der Waals surface area contributed by atoms with Gasteiger partial charge in [0, 0.05) is 5.02 Å². The highest BCUT2D eigenvalue weighted by atomic mass is 35.5. The number of ether oxygens (including phenoxy) is 2. The van der Waals surface area contributed by atoms with Crippen LogP contribution in [0.2, 0.25) is 5.02 Å². The first-order valence-corrected chi connectivity index (χ1v) is 10.1. The van der Waals surface area contributed by atoms with E-state index in [0.717, 1.165) is 16.3 Å². The summed E-state index contributed by atoms with van der Waals surface area (Å²) >= 11 is 10.9. The molecule has 2 amide bonds. The third kappa shape index (κ3) is 6.84. The van der Waals surface area contributed by atoms with E-state index in [0.29, 0.717) is 16.5 Å². The van der Waals surface area contributed by atoms with Gasteiger partial charge in [-0.15, -0.1) is 0 Å². The zero-order chi connectivity index (χ0) is 22.2. The molecule has 7 nitrogen and oxygen atoms in total. The lowest BCUT2D eigenvalue weighted by molar-refractivity contribution is -0.124. The number of aryl methyl sites for hydroxylation is 1. The van der Waals surface area contributed by atoms with E-state index in [-0.39, 0.29) is 18.3 Å². The Morgan fingerprint density at radius 2 is 1.65 bits per heavy atom. The summed E-state index contributed by atoms with van der Waals surface area (Å²) in [4.78, 5) is 23.9. The van der Waals surface area contributed by atoms with Crippen molar-refractivity contribution in [1.82, 2.24) is 16.2 Å². The molecule has 31 heavy (non-hydrogen) atoms. The van der Waals surface area contributed by atoms with Gasteiger partial charge in [0.1, 0.15) is 11.5 Å². The molecule has 0 saturated heterocycles. The summed E-state index contributed by atoms with van der Waals surface area (Å²) in [6.07, 6.45) is 0. The summed E-state index contributed by atoms with van der Waals surface area (Å²) < 4.78 is 10.9. The number of amides is 2. The largest absolute Gasteiger partial charge is 0.484 e. The standard InChI is InChI=1S/C22H20ClN3O4S/c1-14-10-17(23)7-9-19(14)30-13-21(28)25-26-22(31)24-20(27)12-29-18-8-6-15-4-2-3-5-16(15)11-18/h2-11H,12-13H2,1H3,(H,25,28)(H2,24,26,27,31). The lowest BCUT2D eigenvalue weighted by atomic mass is 10.1. The second kappa shape index (κ2) is 10.6. The number of carbonyl (C=O) groups is 2. The van der Waals surface area contributed by atoms with Crippen LogP contribution in [-0.2, 0) is 9.59 Å². The Kier molecular flexibility index (Phi) is 7.64. The summed E-state index contributed by atoms with van der Waals surface area (Å²) in [7, 11) is 0. The van der Waals surface area contributed by atoms with E-state index in [1.54, 1.807) is 24.3 Å². The van der Waals surface area contributed by atoms with Gasteiger partial charge >= 0.3 is 0 Å². The molecule has 9 heteroatoms. The van der Waals surface area contributed by atoms with Crippen LogP contribution in [0.1, 0.15) is 5.56 Å². The average Bonchev–Trinajstić information content (AvgIpc) is 2.75. The molecular formula is C22H20ClN3O4S. The first kappa shape index (κ1) is 22.3. The summed E-state index contributed by atoms with van der Waals surface area (Å²) in [6.45, 7) is 1.35. The Morgan fingerprint density at radius 1 is 0.903 bits per heavy atom. The molecule has 0 aliphatic carbocycles. The zero-order valence-corrected chi connectivity index (χ0v) is 18.2. The third-order valence-corrected chi connectivity index (χ3v) is 4.59. The zero-order valence-electron chi connectivity index (χ0n) is 16.6. The molecule has 0 heterocycles. The van der Waals surface area contributed by atoms with Gasteiger partial charge in [0.25, 0.3) is 11.8 Å². The van der Waals surface area contributed by atoms with E-state index in [4.69, 9.17) is 33.3 Å². The van der Waals surface area contributed by atoms with Crippen LogP contribution in [0.3, 0.4) is 0 Å². The minimum atomic E-state index is -0.474. The quantitative estimate of drug-likeness (QED) is 0.389. The van der Waals surface area contributed by atoms with Crippen LogP contribution < -0.4 is 25.6 Å². The van der Waals surface area contributed by atoms with Crippen LogP contribution in [0.15, 0.2) is 60.7 Å². The predicted molar refractivity (Wildman–Crippen MR) is 123 cm³/mol. The van der Waals surface area contributed by atoms with Gasteiger partial charge in [0.2, 0.25) is 0 Å². The van der Waals surface area contributed by atoms with Crippen LogP contribution in [0.5, 0.6) is 11.5 Å². The maximum Gasteiger partial charge on any atom is 0.276 e. The number of rotatable bonds is 6. The molecule has 0 radical (unpaired) electrons. The van der Waals surface area contributed by atoms with Crippen molar-refractivity contribution in [2.45, 2.75) is 6.92 Å². The van der Waals surface area contributed by atoms with E-state index >= 15 is 0 Å². The predicted octanol–water partition coefficient (Wildman–Crippen LogP) is 3.28. The van der Waals surface area contributed by atoms with Crippen molar-refractivity contribution >= 4 is 51.5 Å². The summed E-state index contributed by atoms with van der Waals surface area (Å²) in [6, 6.07) is 18.5. The Hall–Kier alpha value is -3.36. The molecule has 0 unspecified atom stereocenters. The van der Waals surface area contributed by atoms with Crippen LogP contribution in [0.4, 0.5) is 0 Å². The number of carbonyl (C=O) groups excluding carboxylic acids is 2. The number of nitrogens with one attached hydrogen (secondary N) is 3. The van der Waals surface area contributed by atoms with Gasteiger partial charge in [-0.05, 0) is 65.8 Å². The van der Waals surface area contributed by atoms with Gasteiger partial charge < -0.3 is 9.47 Å². The molecular weight excluding hydrogens is 438 g/mol. The van der Waals surface area contributed by atoms with Crippen LogP contribution in [-0.4, -0.2) is 30.1 Å². The van der Waals surface area contributed by atoms with Gasteiger partial charge in [0.15, 0.2) is 18.3 Å². The molecule has 3 aromatic rings. The van der Waals surface area contributed by atoms with E-state index in [1.165, 1.54) is 0 Å². The molecule has 0 atom stereocenters. The Labute approximate surface area is 189 Å². The lowest BCUT2D eigenvalue weighted by Gasteiger charge is -2.13. The molecule has 160 valence electrons. The number of thiocarbonyl (C=S) groups is 1. The Balaban J connectivity index is 1.37. The Morgan fingerprint density at radius 3 is 2.42 bits per heavy atom. The SMILES string of the molecule is Cc1cc(Cl)ccc1OCC(=O)NNC(=S)NC(=O)COc1ccc2ccccc2c1. The fourth-order valence-electron chi connectivity index (χ4n) is 2.68. The van der Waals surface area contributed by atoms with Gasteiger partial charge in [-0.25, -0.2) is 0 Å². The maximum absolute atomic E-state index is 12.0. The molecule has 3 rings (SSSR count). The Bertz CT molecular complexity index is 1120. The van der Waals surface area contributed by atoms with Gasteiger partial charge in [0.05, 0.1) is 0 Å². The molecule has 0 aliphatic heterocycles. The highest BCUT2D eigenvalue weighted by molar-refractivity contribution is 7.80.